The molecule has 8 heteroatoms. The molecule has 5 nitrogen and oxygen atoms in total. The molecule has 0 unspecified atom stereocenters. The van der Waals surface area contributed by atoms with Crippen LogP contribution in [0.3, 0.4) is 0 Å². The average molecular weight is 379 g/mol. The first-order valence-electron chi connectivity index (χ1n) is 7.78. The van der Waals surface area contributed by atoms with Gasteiger partial charge in [-0.15, -0.1) is 13.2 Å². The summed E-state index contributed by atoms with van der Waals surface area (Å²) in [6, 6.07) is 12.0. The van der Waals surface area contributed by atoms with Crippen molar-refractivity contribution in [2.75, 3.05) is 11.9 Å². The highest BCUT2D eigenvalue weighted by Crippen LogP contribution is 2.23. The van der Waals surface area contributed by atoms with E-state index in [1.807, 2.05) is 31.2 Å². The number of carbonyl (C=O) groups excluding carboxylic acids is 2. The van der Waals surface area contributed by atoms with Crippen molar-refractivity contribution in [2.24, 2.45) is 0 Å². The van der Waals surface area contributed by atoms with E-state index >= 15 is 0 Å². The topological polar surface area (TPSA) is 64.6 Å². The Morgan fingerprint density at radius 1 is 1.11 bits per heavy atom. The summed E-state index contributed by atoms with van der Waals surface area (Å²) in [7, 11) is 0. The van der Waals surface area contributed by atoms with Crippen LogP contribution >= 0.6 is 0 Å². The second-order valence-electron chi connectivity index (χ2n) is 5.48. The van der Waals surface area contributed by atoms with E-state index in [1.54, 1.807) is 6.08 Å². The summed E-state index contributed by atoms with van der Waals surface area (Å²) in [4.78, 5) is 23.3. The van der Waals surface area contributed by atoms with Gasteiger partial charge in [0.05, 0.1) is 0 Å². The molecule has 27 heavy (non-hydrogen) atoms. The Morgan fingerprint density at radius 2 is 1.81 bits per heavy atom. The van der Waals surface area contributed by atoms with E-state index in [9.17, 15) is 22.8 Å². The summed E-state index contributed by atoms with van der Waals surface area (Å²) in [6.45, 7) is 1.39. The lowest BCUT2D eigenvalue weighted by atomic mass is 10.1. The highest BCUT2D eigenvalue weighted by atomic mass is 19.4. The Labute approximate surface area is 153 Å². The quantitative estimate of drug-likeness (QED) is 0.607. The van der Waals surface area contributed by atoms with Crippen LogP contribution in [0.4, 0.5) is 18.9 Å². The number of hydrogen-bond donors (Lipinski definition) is 1. The van der Waals surface area contributed by atoms with Crippen LogP contribution in [-0.4, -0.2) is 24.8 Å². The molecule has 0 saturated carbocycles. The lowest BCUT2D eigenvalue weighted by molar-refractivity contribution is -0.274. The fraction of sp³-hybridized carbons (Fsp3) is 0.158. The van der Waals surface area contributed by atoms with E-state index < -0.39 is 30.6 Å². The van der Waals surface area contributed by atoms with Gasteiger partial charge in [0.15, 0.2) is 6.61 Å². The van der Waals surface area contributed by atoms with Crippen molar-refractivity contribution in [3.05, 3.63) is 65.7 Å². The summed E-state index contributed by atoms with van der Waals surface area (Å²) >= 11 is 0. The molecule has 0 bridgehead atoms. The van der Waals surface area contributed by atoms with Crippen LogP contribution in [0.15, 0.2) is 54.6 Å². The molecule has 0 atom stereocenters. The monoisotopic (exact) mass is 379 g/mol. The molecule has 0 aromatic heterocycles. The van der Waals surface area contributed by atoms with Crippen molar-refractivity contribution in [3.63, 3.8) is 0 Å². The van der Waals surface area contributed by atoms with Gasteiger partial charge in [0.25, 0.3) is 5.91 Å². The van der Waals surface area contributed by atoms with Gasteiger partial charge in [-0.3, -0.25) is 4.79 Å². The molecule has 2 rings (SSSR count). The molecule has 0 aliphatic rings. The number of alkyl halides is 3. The van der Waals surface area contributed by atoms with Crippen LogP contribution in [0.2, 0.25) is 0 Å². The highest BCUT2D eigenvalue weighted by Gasteiger charge is 2.30. The highest BCUT2D eigenvalue weighted by molar-refractivity contribution is 5.94. The van der Waals surface area contributed by atoms with Gasteiger partial charge in [-0.2, -0.15) is 0 Å². The molecule has 2 aromatic rings. The zero-order valence-electron chi connectivity index (χ0n) is 14.2. The predicted molar refractivity (Wildman–Crippen MR) is 92.9 cm³/mol. The van der Waals surface area contributed by atoms with Crippen LogP contribution in [0.1, 0.15) is 11.1 Å². The zero-order valence-corrected chi connectivity index (χ0v) is 14.2. The van der Waals surface area contributed by atoms with Gasteiger partial charge in [-0.25, -0.2) is 4.79 Å². The molecular weight excluding hydrogens is 363 g/mol. The molecule has 0 spiro atoms. The van der Waals surface area contributed by atoms with E-state index in [4.69, 9.17) is 4.74 Å². The zero-order chi connectivity index (χ0) is 19.9. The van der Waals surface area contributed by atoms with Gasteiger partial charge in [0.2, 0.25) is 0 Å². The van der Waals surface area contributed by atoms with Gasteiger partial charge >= 0.3 is 12.3 Å². The fourth-order valence-electron chi connectivity index (χ4n) is 2.06. The number of carbonyl (C=O) groups is 2. The number of hydrogen-bond acceptors (Lipinski definition) is 4. The molecule has 1 amide bonds. The van der Waals surface area contributed by atoms with Crippen LogP contribution in [0, 0.1) is 6.92 Å². The van der Waals surface area contributed by atoms with Crippen LogP contribution in [0.25, 0.3) is 6.08 Å². The third-order valence-electron chi connectivity index (χ3n) is 3.17. The van der Waals surface area contributed by atoms with Crippen LogP contribution in [0.5, 0.6) is 5.75 Å². The second kappa shape index (κ2) is 8.88. The van der Waals surface area contributed by atoms with E-state index in [0.29, 0.717) is 0 Å². The maximum absolute atomic E-state index is 12.1. The largest absolute Gasteiger partial charge is 0.573 e. The minimum Gasteiger partial charge on any atom is -0.452 e. The second-order valence-corrected chi connectivity index (χ2v) is 5.48. The van der Waals surface area contributed by atoms with Gasteiger partial charge in [-0.05, 0) is 42.8 Å². The number of aryl methyl sites for hydroxylation is 1. The first kappa shape index (κ1) is 20.0. The maximum atomic E-state index is 12.1. The fourth-order valence-corrected chi connectivity index (χ4v) is 2.06. The van der Waals surface area contributed by atoms with E-state index in [0.717, 1.165) is 23.3 Å². The molecule has 0 fully saturated rings. The van der Waals surface area contributed by atoms with E-state index in [1.165, 1.54) is 18.2 Å². The van der Waals surface area contributed by atoms with E-state index in [2.05, 4.69) is 10.1 Å². The summed E-state index contributed by atoms with van der Waals surface area (Å²) in [5.41, 5.74) is 2.09. The van der Waals surface area contributed by atoms with Gasteiger partial charge in [-0.1, -0.05) is 29.8 Å². The minimum atomic E-state index is -4.79. The van der Waals surface area contributed by atoms with Crippen molar-refractivity contribution in [1.82, 2.24) is 0 Å². The van der Waals surface area contributed by atoms with Gasteiger partial charge in [0, 0.05) is 11.8 Å². The number of amides is 1. The van der Waals surface area contributed by atoms with Crippen molar-refractivity contribution in [1.29, 1.82) is 0 Å². The molecule has 0 aliphatic heterocycles. The summed E-state index contributed by atoms with van der Waals surface area (Å²) in [6.07, 6.45) is -2.02. The lowest BCUT2D eigenvalue weighted by Crippen LogP contribution is -2.20. The molecule has 2 aromatic carbocycles. The van der Waals surface area contributed by atoms with Crippen molar-refractivity contribution >= 4 is 23.6 Å². The maximum Gasteiger partial charge on any atom is 0.573 e. The average Bonchev–Trinajstić information content (AvgIpc) is 2.59. The number of rotatable bonds is 6. The SMILES string of the molecule is Cc1cccc(/C=C/C(=O)OCC(=O)Nc2ccc(OC(F)(F)F)cc2)c1. The number of nitrogens with one attached hydrogen (secondary N) is 1. The number of esters is 1. The van der Waals surface area contributed by atoms with Crippen molar-refractivity contribution in [2.45, 2.75) is 13.3 Å². The molecule has 0 heterocycles. The summed E-state index contributed by atoms with van der Waals surface area (Å²) in [5.74, 6) is -1.73. The molecule has 0 saturated heterocycles. The van der Waals surface area contributed by atoms with Crippen molar-refractivity contribution < 1.29 is 32.2 Å². The normalized spacial score (nSPS) is 11.3. The third-order valence-corrected chi connectivity index (χ3v) is 3.17. The number of benzene rings is 2. The predicted octanol–water partition coefficient (Wildman–Crippen LogP) is 4.09. The molecule has 142 valence electrons. The molecule has 0 aliphatic carbocycles. The Hall–Kier alpha value is -3.29. The lowest BCUT2D eigenvalue weighted by Gasteiger charge is -2.10. The standard InChI is InChI=1S/C19H16F3NO4/c1-13-3-2-4-14(11-13)5-10-18(25)26-12-17(24)23-15-6-8-16(9-7-15)27-19(20,21)22/h2-11H,12H2,1H3,(H,23,24)/b10-5+. The van der Waals surface area contributed by atoms with Gasteiger partial charge in [0.1, 0.15) is 5.75 Å². The van der Waals surface area contributed by atoms with Crippen LogP contribution in [-0.2, 0) is 14.3 Å². The smallest absolute Gasteiger partial charge is 0.452 e. The van der Waals surface area contributed by atoms with Crippen LogP contribution < -0.4 is 10.1 Å². The summed E-state index contributed by atoms with van der Waals surface area (Å²) < 4.78 is 44.7. The Bertz CT molecular complexity index is 830. The first-order valence-corrected chi connectivity index (χ1v) is 7.78. The molecule has 0 radical (unpaired) electrons. The Kier molecular flexibility index (Phi) is 6.59. The van der Waals surface area contributed by atoms with Crippen molar-refractivity contribution in [3.8, 4) is 5.75 Å². The third kappa shape index (κ3) is 7.64. The Balaban J connectivity index is 1.79. The summed E-state index contributed by atoms with van der Waals surface area (Å²) in [5, 5.41) is 2.39. The minimum absolute atomic E-state index is 0.237. The molecular formula is C19H16F3NO4. The number of halogens is 3. The first-order chi connectivity index (χ1) is 12.7. The number of anilines is 1. The number of ether oxygens (including phenoxy) is 2. The Morgan fingerprint density at radius 3 is 2.44 bits per heavy atom. The van der Waals surface area contributed by atoms with Gasteiger partial charge < -0.3 is 14.8 Å². The molecule has 1 N–H and O–H groups in total. The van der Waals surface area contributed by atoms with E-state index in [-0.39, 0.29) is 5.69 Å².